The van der Waals surface area contributed by atoms with E-state index in [0.717, 1.165) is 37.5 Å². The van der Waals surface area contributed by atoms with Gasteiger partial charge in [-0.25, -0.2) is 0 Å². The third-order valence-electron chi connectivity index (χ3n) is 3.14. The van der Waals surface area contributed by atoms with E-state index in [1.807, 2.05) is 32.0 Å². The number of methoxy groups -OCH3 is 1. The molecule has 0 aromatic heterocycles. The number of hydrogen-bond acceptors (Lipinski definition) is 1. The van der Waals surface area contributed by atoms with E-state index in [1.54, 1.807) is 7.11 Å². The highest BCUT2D eigenvalue weighted by molar-refractivity contribution is 9.10. The highest BCUT2D eigenvalue weighted by atomic mass is 79.9. The molecule has 0 radical (unpaired) electrons. The van der Waals surface area contributed by atoms with Crippen LogP contribution < -0.4 is 4.74 Å². The number of alkyl halides is 1. The van der Waals surface area contributed by atoms with Crippen molar-refractivity contribution in [1.82, 2.24) is 0 Å². The molecule has 0 fully saturated rings. The molecule has 0 heterocycles. The summed E-state index contributed by atoms with van der Waals surface area (Å²) in [6.07, 6.45) is 0. The Bertz CT molecular complexity index is 620. The molecular weight excluding hydrogens is 403 g/mol. The normalized spacial score (nSPS) is 12.3. The maximum atomic E-state index is 6.15. The van der Waals surface area contributed by atoms with Gasteiger partial charge in [0, 0.05) is 15.1 Å². The molecule has 1 nitrogen and oxygen atoms in total. The lowest BCUT2D eigenvalue weighted by molar-refractivity contribution is 0.410. The Balaban J connectivity index is 2.52. The molecule has 0 spiro atoms. The van der Waals surface area contributed by atoms with E-state index in [9.17, 15) is 0 Å². The molecule has 4 heteroatoms. The van der Waals surface area contributed by atoms with Crippen LogP contribution in [0.2, 0.25) is 5.02 Å². The first-order valence-corrected chi connectivity index (χ1v) is 8.26. The summed E-state index contributed by atoms with van der Waals surface area (Å²) >= 11 is 13.5. The smallest absolute Gasteiger partial charge is 0.123 e. The molecular formula is C16H15Br2ClO. The van der Waals surface area contributed by atoms with Gasteiger partial charge in [0.05, 0.1) is 11.9 Å². The van der Waals surface area contributed by atoms with E-state index in [0.29, 0.717) is 0 Å². The fraction of sp³-hybridized carbons (Fsp3) is 0.250. The van der Waals surface area contributed by atoms with Gasteiger partial charge >= 0.3 is 0 Å². The van der Waals surface area contributed by atoms with Crippen LogP contribution in [0.4, 0.5) is 0 Å². The molecule has 0 N–H and O–H groups in total. The molecule has 2 aromatic carbocycles. The van der Waals surface area contributed by atoms with Gasteiger partial charge < -0.3 is 4.74 Å². The minimum atomic E-state index is 0.0340. The first-order chi connectivity index (χ1) is 9.42. The van der Waals surface area contributed by atoms with Crippen molar-refractivity contribution in [3.63, 3.8) is 0 Å². The average molecular weight is 419 g/mol. The number of hydrogen-bond donors (Lipinski definition) is 0. The van der Waals surface area contributed by atoms with E-state index in [-0.39, 0.29) is 4.83 Å². The minimum Gasteiger partial charge on any atom is -0.496 e. The molecule has 0 aliphatic rings. The van der Waals surface area contributed by atoms with Crippen molar-refractivity contribution in [2.45, 2.75) is 18.7 Å². The minimum absolute atomic E-state index is 0.0340. The van der Waals surface area contributed by atoms with E-state index >= 15 is 0 Å². The predicted molar refractivity (Wildman–Crippen MR) is 92.4 cm³/mol. The first kappa shape index (κ1) is 15.9. The molecule has 2 aromatic rings. The van der Waals surface area contributed by atoms with Crippen LogP contribution in [0.25, 0.3) is 0 Å². The summed E-state index contributed by atoms with van der Waals surface area (Å²) < 4.78 is 6.57. The van der Waals surface area contributed by atoms with Crippen molar-refractivity contribution in [2.75, 3.05) is 7.11 Å². The van der Waals surface area contributed by atoms with Crippen molar-refractivity contribution in [2.24, 2.45) is 0 Å². The van der Waals surface area contributed by atoms with Crippen LogP contribution in [-0.2, 0) is 0 Å². The zero-order valence-electron chi connectivity index (χ0n) is 11.5. The van der Waals surface area contributed by atoms with Gasteiger partial charge in [-0.15, -0.1) is 0 Å². The van der Waals surface area contributed by atoms with Crippen LogP contribution >= 0.6 is 43.5 Å². The summed E-state index contributed by atoms with van der Waals surface area (Å²) in [5, 5.41) is 0.745. The van der Waals surface area contributed by atoms with Crippen molar-refractivity contribution in [3.8, 4) is 5.75 Å². The molecule has 20 heavy (non-hydrogen) atoms. The molecule has 0 amide bonds. The fourth-order valence-electron chi connectivity index (χ4n) is 2.14. The lowest BCUT2D eigenvalue weighted by Gasteiger charge is -2.17. The van der Waals surface area contributed by atoms with Crippen molar-refractivity contribution < 1.29 is 4.74 Å². The summed E-state index contributed by atoms with van der Waals surface area (Å²) in [6, 6.07) is 10.2. The summed E-state index contributed by atoms with van der Waals surface area (Å²) in [7, 11) is 1.69. The Morgan fingerprint density at radius 1 is 1.10 bits per heavy atom. The van der Waals surface area contributed by atoms with Crippen LogP contribution in [0.15, 0.2) is 34.8 Å². The molecule has 1 unspecified atom stereocenters. The second-order valence-electron chi connectivity index (χ2n) is 4.77. The topological polar surface area (TPSA) is 9.23 Å². The monoisotopic (exact) mass is 416 g/mol. The lowest BCUT2D eigenvalue weighted by atomic mass is 10.0. The standard InChI is InChI=1S/C16H15Br2ClO/c1-9-4-11(7-12(19)5-9)16(18)13-8-14(17)10(2)6-15(13)20-3/h4-8,16H,1-3H3. The van der Waals surface area contributed by atoms with Gasteiger partial charge in [-0.2, -0.15) is 0 Å². The van der Waals surface area contributed by atoms with Gasteiger partial charge in [0.15, 0.2) is 0 Å². The summed E-state index contributed by atoms with van der Waals surface area (Å²) in [5.74, 6) is 0.866. The van der Waals surface area contributed by atoms with Gasteiger partial charge in [0.1, 0.15) is 5.75 Å². The van der Waals surface area contributed by atoms with Crippen LogP contribution in [0.3, 0.4) is 0 Å². The quantitative estimate of drug-likeness (QED) is 0.538. The van der Waals surface area contributed by atoms with Gasteiger partial charge in [-0.05, 0) is 54.8 Å². The zero-order valence-corrected chi connectivity index (χ0v) is 15.4. The third kappa shape index (κ3) is 3.38. The van der Waals surface area contributed by atoms with Crippen molar-refractivity contribution in [3.05, 3.63) is 62.1 Å². The number of halogens is 3. The number of benzene rings is 2. The number of ether oxygens (including phenoxy) is 1. The van der Waals surface area contributed by atoms with Crippen LogP contribution in [-0.4, -0.2) is 7.11 Å². The number of rotatable bonds is 3. The second kappa shape index (κ2) is 6.50. The van der Waals surface area contributed by atoms with Gasteiger partial charge in [0.25, 0.3) is 0 Å². The highest BCUT2D eigenvalue weighted by Gasteiger charge is 2.17. The van der Waals surface area contributed by atoms with Crippen LogP contribution in [0, 0.1) is 13.8 Å². The van der Waals surface area contributed by atoms with Gasteiger partial charge in [-0.1, -0.05) is 49.5 Å². The number of aryl methyl sites for hydroxylation is 2. The highest BCUT2D eigenvalue weighted by Crippen LogP contribution is 2.40. The Labute approximate surface area is 141 Å². The van der Waals surface area contributed by atoms with Gasteiger partial charge in [0.2, 0.25) is 0 Å². The Kier molecular flexibility index (Phi) is 5.16. The predicted octanol–water partition coefficient (Wildman–Crippen LogP) is 6.21. The maximum Gasteiger partial charge on any atom is 0.123 e. The SMILES string of the molecule is COc1cc(C)c(Br)cc1C(Br)c1cc(C)cc(Cl)c1. The van der Waals surface area contributed by atoms with E-state index in [4.69, 9.17) is 16.3 Å². The van der Waals surface area contributed by atoms with Crippen molar-refractivity contribution in [1.29, 1.82) is 0 Å². The molecule has 0 saturated carbocycles. The molecule has 0 aliphatic carbocycles. The largest absolute Gasteiger partial charge is 0.496 e. The first-order valence-electron chi connectivity index (χ1n) is 6.17. The van der Waals surface area contributed by atoms with E-state index < -0.39 is 0 Å². The Morgan fingerprint density at radius 2 is 1.80 bits per heavy atom. The maximum absolute atomic E-state index is 6.15. The molecule has 2 rings (SSSR count). The molecule has 106 valence electrons. The second-order valence-corrected chi connectivity index (χ2v) is 6.97. The average Bonchev–Trinajstić information content (AvgIpc) is 2.39. The van der Waals surface area contributed by atoms with Crippen molar-refractivity contribution >= 4 is 43.5 Å². The van der Waals surface area contributed by atoms with Crippen LogP contribution in [0.5, 0.6) is 5.75 Å². The van der Waals surface area contributed by atoms with Crippen LogP contribution in [0.1, 0.15) is 27.1 Å². The zero-order chi connectivity index (χ0) is 14.9. The fourth-order valence-corrected chi connectivity index (χ4v) is 3.42. The van der Waals surface area contributed by atoms with E-state index in [2.05, 4.69) is 44.0 Å². The molecule has 1 atom stereocenters. The summed E-state index contributed by atoms with van der Waals surface area (Å²) in [6.45, 7) is 4.08. The molecule has 0 aliphatic heterocycles. The third-order valence-corrected chi connectivity index (χ3v) is 5.24. The molecule has 0 bridgehead atoms. The Morgan fingerprint density at radius 3 is 2.40 bits per heavy atom. The Hall–Kier alpha value is -0.510. The summed E-state index contributed by atoms with van der Waals surface area (Å²) in [4.78, 5) is 0.0340. The lowest BCUT2D eigenvalue weighted by Crippen LogP contribution is -1.99. The molecule has 0 saturated heterocycles. The van der Waals surface area contributed by atoms with E-state index in [1.165, 1.54) is 0 Å². The van der Waals surface area contributed by atoms with Gasteiger partial charge in [-0.3, -0.25) is 0 Å². The summed E-state index contributed by atoms with van der Waals surface area (Å²) in [5.41, 5.74) is 4.48.